The summed E-state index contributed by atoms with van der Waals surface area (Å²) in [7, 11) is -2.78. The molecule has 0 amide bonds. The Kier molecular flexibility index (Phi) is 3.25. The minimum atomic E-state index is -2.78. The quantitative estimate of drug-likeness (QED) is 0.831. The van der Waals surface area contributed by atoms with Crippen molar-refractivity contribution in [3.8, 4) is 0 Å². The smallest absolute Gasteiger partial charge is 0.150 e. The molecule has 5 heteroatoms. The average molecular weight is 240 g/mol. The van der Waals surface area contributed by atoms with Crippen LogP contribution in [0.5, 0.6) is 0 Å². The van der Waals surface area contributed by atoms with Crippen LogP contribution < -0.4 is 5.73 Å². The molecule has 1 aromatic rings. The van der Waals surface area contributed by atoms with Gasteiger partial charge in [-0.3, -0.25) is 4.98 Å². The maximum absolute atomic E-state index is 11.3. The zero-order valence-electron chi connectivity index (χ0n) is 9.09. The molecular weight excluding hydrogens is 224 g/mol. The van der Waals surface area contributed by atoms with Crippen molar-refractivity contribution in [1.29, 1.82) is 0 Å². The van der Waals surface area contributed by atoms with Gasteiger partial charge >= 0.3 is 0 Å². The fraction of sp³-hybridized carbons (Fsp3) is 0.545. The van der Waals surface area contributed by atoms with Gasteiger partial charge in [-0.25, -0.2) is 8.42 Å². The number of sulfone groups is 1. The van der Waals surface area contributed by atoms with Crippen LogP contribution in [0.4, 0.5) is 0 Å². The highest BCUT2D eigenvalue weighted by atomic mass is 32.2. The summed E-state index contributed by atoms with van der Waals surface area (Å²) in [6.07, 6.45) is 3.16. The lowest BCUT2D eigenvalue weighted by Crippen LogP contribution is -2.22. The van der Waals surface area contributed by atoms with E-state index in [1.165, 1.54) is 0 Å². The minimum Gasteiger partial charge on any atom is -0.326 e. The molecule has 2 heterocycles. The summed E-state index contributed by atoms with van der Waals surface area (Å²) in [5.74, 6) is 0.867. The van der Waals surface area contributed by atoms with E-state index in [4.69, 9.17) is 5.73 Å². The molecule has 1 aliphatic rings. The Bertz CT molecular complexity index is 439. The lowest BCUT2D eigenvalue weighted by molar-refractivity contribution is 0.544. The summed E-state index contributed by atoms with van der Waals surface area (Å²) in [6.45, 7) is 0.492. The molecular formula is C11H16N2O2S. The molecule has 88 valence electrons. The van der Waals surface area contributed by atoms with Gasteiger partial charge in [0.2, 0.25) is 0 Å². The Morgan fingerprint density at radius 1 is 1.31 bits per heavy atom. The molecule has 0 spiro atoms. The minimum absolute atomic E-state index is 0.287. The Balaban J connectivity index is 2.08. The van der Waals surface area contributed by atoms with Crippen LogP contribution in [-0.4, -0.2) is 24.9 Å². The number of nitrogens with two attached hydrogens (primary N) is 1. The highest BCUT2D eigenvalue weighted by molar-refractivity contribution is 7.91. The number of rotatable bonds is 2. The molecule has 0 saturated carbocycles. The Hall–Kier alpha value is -0.940. The van der Waals surface area contributed by atoms with Crippen molar-refractivity contribution >= 4 is 9.84 Å². The molecule has 0 aromatic carbocycles. The number of hydrogen-bond acceptors (Lipinski definition) is 4. The molecule has 0 radical (unpaired) electrons. The number of hydrogen-bond donors (Lipinski definition) is 1. The third-order valence-electron chi connectivity index (χ3n) is 3.06. The second-order valence-electron chi connectivity index (χ2n) is 4.22. The normalized spacial score (nSPS) is 20.8. The number of pyridine rings is 1. The standard InChI is InChI=1S/C11H16N2O2S/c12-7-9-1-2-11(13-8-9)10-3-5-16(14,15)6-4-10/h1-2,8,10H,3-7,12H2. The zero-order chi connectivity index (χ0) is 11.6. The monoisotopic (exact) mass is 240 g/mol. The van der Waals surface area contributed by atoms with E-state index in [9.17, 15) is 8.42 Å². The van der Waals surface area contributed by atoms with Crippen molar-refractivity contribution in [2.24, 2.45) is 5.73 Å². The van der Waals surface area contributed by atoms with Crippen LogP contribution in [0.3, 0.4) is 0 Å². The van der Waals surface area contributed by atoms with E-state index < -0.39 is 9.84 Å². The molecule has 4 nitrogen and oxygen atoms in total. The second-order valence-corrected chi connectivity index (χ2v) is 6.53. The first-order chi connectivity index (χ1) is 7.61. The molecule has 1 saturated heterocycles. The molecule has 1 aliphatic heterocycles. The van der Waals surface area contributed by atoms with Crippen LogP contribution in [0.2, 0.25) is 0 Å². The molecule has 0 unspecified atom stereocenters. The van der Waals surface area contributed by atoms with Crippen molar-refractivity contribution < 1.29 is 8.42 Å². The lowest BCUT2D eigenvalue weighted by Gasteiger charge is -2.21. The van der Waals surface area contributed by atoms with Crippen LogP contribution in [0, 0.1) is 0 Å². The Morgan fingerprint density at radius 2 is 2.00 bits per heavy atom. The molecule has 0 atom stereocenters. The topological polar surface area (TPSA) is 73.1 Å². The summed E-state index contributed by atoms with van der Waals surface area (Å²) in [5.41, 5.74) is 7.49. The molecule has 0 aliphatic carbocycles. The van der Waals surface area contributed by atoms with Gasteiger partial charge in [0.25, 0.3) is 0 Å². The van der Waals surface area contributed by atoms with E-state index >= 15 is 0 Å². The van der Waals surface area contributed by atoms with Crippen LogP contribution in [-0.2, 0) is 16.4 Å². The van der Waals surface area contributed by atoms with E-state index in [1.807, 2.05) is 12.1 Å². The SMILES string of the molecule is NCc1ccc(C2CCS(=O)(=O)CC2)nc1. The van der Waals surface area contributed by atoms with Crippen LogP contribution in [0.25, 0.3) is 0 Å². The van der Waals surface area contributed by atoms with E-state index in [1.54, 1.807) is 6.20 Å². The van der Waals surface area contributed by atoms with Gasteiger partial charge in [-0.1, -0.05) is 6.07 Å². The van der Waals surface area contributed by atoms with Crippen molar-refractivity contribution in [3.63, 3.8) is 0 Å². The van der Waals surface area contributed by atoms with Gasteiger partial charge in [-0.15, -0.1) is 0 Å². The molecule has 16 heavy (non-hydrogen) atoms. The van der Waals surface area contributed by atoms with Gasteiger partial charge in [0.05, 0.1) is 11.5 Å². The van der Waals surface area contributed by atoms with Crippen molar-refractivity contribution in [2.75, 3.05) is 11.5 Å². The molecule has 0 bridgehead atoms. The third kappa shape index (κ3) is 2.59. The van der Waals surface area contributed by atoms with E-state index in [0.29, 0.717) is 19.4 Å². The van der Waals surface area contributed by atoms with Crippen molar-refractivity contribution in [3.05, 3.63) is 29.6 Å². The average Bonchev–Trinajstić information content (AvgIpc) is 2.29. The Morgan fingerprint density at radius 3 is 2.50 bits per heavy atom. The van der Waals surface area contributed by atoms with E-state index in [2.05, 4.69) is 4.98 Å². The second kappa shape index (κ2) is 4.51. The highest BCUT2D eigenvalue weighted by Crippen LogP contribution is 2.27. The summed E-state index contributed by atoms with van der Waals surface area (Å²) in [4.78, 5) is 4.35. The molecule has 1 fully saturated rings. The summed E-state index contributed by atoms with van der Waals surface area (Å²) in [5, 5.41) is 0. The first-order valence-electron chi connectivity index (χ1n) is 5.46. The van der Waals surface area contributed by atoms with E-state index in [-0.39, 0.29) is 17.4 Å². The van der Waals surface area contributed by atoms with Crippen LogP contribution in [0.15, 0.2) is 18.3 Å². The number of nitrogens with zero attached hydrogens (tertiary/aromatic N) is 1. The van der Waals surface area contributed by atoms with Gasteiger partial charge in [0.1, 0.15) is 9.84 Å². The van der Waals surface area contributed by atoms with Crippen molar-refractivity contribution in [1.82, 2.24) is 4.98 Å². The van der Waals surface area contributed by atoms with Crippen LogP contribution in [0.1, 0.15) is 30.0 Å². The first kappa shape index (κ1) is 11.5. The highest BCUT2D eigenvalue weighted by Gasteiger charge is 2.25. The summed E-state index contributed by atoms with van der Waals surface area (Å²) < 4.78 is 22.6. The summed E-state index contributed by atoms with van der Waals surface area (Å²) >= 11 is 0. The van der Waals surface area contributed by atoms with Gasteiger partial charge < -0.3 is 5.73 Å². The predicted octanol–water partition coefficient (Wildman–Crippen LogP) is 0.832. The summed E-state index contributed by atoms with van der Waals surface area (Å²) in [6, 6.07) is 3.93. The maximum atomic E-state index is 11.3. The molecule has 1 aromatic heterocycles. The number of aromatic nitrogens is 1. The third-order valence-corrected chi connectivity index (χ3v) is 4.77. The Labute approximate surface area is 95.8 Å². The van der Waals surface area contributed by atoms with Gasteiger partial charge in [-0.05, 0) is 24.5 Å². The maximum Gasteiger partial charge on any atom is 0.150 e. The van der Waals surface area contributed by atoms with Gasteiger partial charge in [0.15, 0.2) is 0 Å². The van der Waals surface area contributed by atoms with Gasteiger partial charge in [-0.2, -0.15) is 0 Å². The van der Waals surface area contributed by atoms with Gasteiger partial charge in [0, 0.05) is 24.4 Å². The lowest BCUT2D eigenvalue weighted by atomic mass is 9.98. The molecule has 2 N–H and O–H groups in total. The largest absolute Gasteiger partial charge is 0.326 e. The zero-order valence-corrected chi connectivity index (χ0v) is 9.91. The van der Waals surface area contributed by atoms with Crippen molar-refractivity contribution in [2.45, 2.75) is 25.3 Å². The fourth-order valence-electron chi connectivity index (χ4n) is 1.98. The van der Waals surface area contributed by atoms with Crippen LogP contribution >= 0.6 is 0 Å². The molecule has 2 rings (SSSR count). The fourth-order valence-corrected chi connectivity index (χ4v) is 3.48. The first-order valence-corrected chi connectivity index (χ1v) is 7.28. The predicted molar refractivity (Wildman–Crippen MR) is 62.8 cm³/mol. The van der Waals surface area contributed by atoms with E-state index in [0.717, 1.165) is 11.3 Å².